The van der Waals surface area contributed by atoms with Crippen LogP contribution in [0.1, 0.15) is 20.3 Å². The topological polar surface area (TPSA) is 23.8 Å². The van der Waals surface area contributed by atoms with Crippen LogP contribution in [0.5, 0.6) is 0 Å². The van der Waals surface area contributed by atoms with Gasteiger partial charge in [0, 0.05) is 6.08 Å². The van der Waals surface area contributed by atoms with E-state index in [9.17, 15) is 0 Å². The lowest BCUT2D eigenvalue weighted by Crippen LogP contribution is -2.06. The molecule has 1 fully saturated rings. The molecule has 1 nitrogen and oxygen atoms in total. The van der Waals surface area contributed by atoms with Crippen LogP contribution in [0, 0.1) is 16.7 Å². The predicted octanol–water partition coefficient (Wildman–Crippen LogP) is 2.94. The van der Waals surface area contributed by atoms with Crippen molar-refractivity contribution in [3.8, 4) is 6.07 Å². The Morgan fingerprint density at radius 3 is 2.64 bits per heavy atom. The third-order valence-electron chi connectivity index (χ3n) is 2.38. The quantitative estimate of drug-likeness (QED) is 0.402. The van der Waals surface area contributed by atoms with Crippen molar-refractivity contribution in [2.45, 2.75) is 20.3 Å². The highest BCUT2D eigenvalue weighted by atomic mass is 31.1. The molecule has 0 aromatic rings. The van der Waals surface area contributed by atoms with E-state index in [1.807, 2.05) is 0 Å². The molecule has 1 heterocycles. The summed E-state index contributed by atoms with van der Waals surface area (Å²) in [5.41, 5.74) is 0.302. The molecule has 0 N–H and O–H groups in total. The number of nitrogens with zero attached hydrogens (tertiary/aromatic N) is 1. The van der Waals surface area contributed by atoms with Crippen molar-refractivity contribution in [1.29, 1.82) is 5.26 Å². The van der Waals surface area contributed by atoms with Crippen LogP contribution in [-0.2, 0) is 0 Å². The van der Waals surface area contributed by atoms with Crippen molar-refractivity contribution in [3.63, 3.8) is 0 Å². The van der Waals surface area contributed by atoms with Crippen LogP contribution < -0.4 is 0 Å². The SMILES string of the molecule is CP1CCC(C)(C)/C1=C/C#N. The Morgan fingerprint density at radius 1 is 1.64 bits per heavy atom. The van der Waals surface area contributed by atoms with Crippen molar-refractivity contribution < 1.29 is 0 Å². The van der Waals surface area contributed by atoms with Gasteiger partial charge in [-0.05, 0) is 30.0 Å². The summed E-state index contributed by atoms with van der Waals surface area (Å²) in [6.45, 7) is 6.75. The first kappa shape index (κ1) is 8.75. The zero-order valence-electron chi connectivity index (χ0n) is 7.39. The summed E-state index contributed by atoms with van der Waals surface area (Å²) in [4.78, 5) is 0. The zero-order chi connectivity index (χ0) is 8.48. The Morgan fingerprint density at radius 2 is 2.27 bits per heavy atom. The zero-order valence-corrected chi connectivity index (χ0v) is 8.28. The van der Waals surface area contributed by atoms with Gasteiger partial charge < -0.3 is 0 Å². The van der Waals surface area contributed by atoms with Gasteiger partial charge in [-0.15, -0.1) is 0 Å². The molecule has 1 rings (SSSR count). The molecular weight excluding hydrogens is 153 g/mol. The lowest BCUT2D eigenvalue weighted by atomic mass is 9.90. The van der Waals surface area contributed by atoms with Crippen LogP contribution >= 0.6 is 7.92 Å². The van der Waals surface area contributed by atoms with E-state index < -0.39 is 0 Å². The van der Waals surface area contributed by atoms with E-state index in [1.54, 1.807) is 6.08 Å². The van der Waals surface area contributed by atoms with Gasteiger partial charge in [0.25, 0.3) is 0 Å². The van der Waals surface area contributed by atoms with Gasteiger partial charge >= 0.3 is 0 Å². The lowest BCUT2D eigenvalue weighted by Gasteiger charge is -2.19. The van der Waals surface area contributed by atoms with E-state index in [0.717, 1.165) is 0 Å². The third kappa shape index (κ3) is 1.63. The van der Waals surface area contributed by atoms with Gasteiger partial charge in [-0.3, -0.25) is 0 Å². The highest BCUT2D eigenvalue weighted by Gasteiger charge is 2.33. The molecular formula is C9H14NP. The molecule has 1 saturated heterocycles. The van der Waals surface area contributed by atoms with E-state index in [0.29, 0.717) is 5.41 Å². The lowest BCUT2D eigenvalue weighted by molar-refractivity contribution is 0.472. The number of allylic oxidation sites excluding steroid dienone is 2. The minimum Gasteiger partial charge on any atom is -0.193 e. The van der Waals surface area contributed by atoms with Gasteiger partial charge in [0.05, 0.1) is 6.07 Å². The Hall–Kier alpha value is -0.340. The summed E-state index contributed by atoms with van der Waals surface area (Å²) in [7, 11) is 0.0163. The number of hydrogen-bond donors (Lipinski definition) is 0. The van der Waals surface area contributed by atoms with E-state index in [1.165, 1.54) is 17.9 Å². The van der Waals surface area contributed by atoms with Gasteiger partial charge in [-0.1, -0.05) is 21.8 Å². The first-order valence-corrected chi connectivity index (χ1v) is 5.87. The molecule has 1 unspecified atom stereocenters. The molecule has 0 amide bonds. The fourth-order valence-electron chi connectivity index (χ4n) is 1.58. The van der Waals surface area contributed by atoms with Crippen LogP contribution in [-0.4, -0.2) is 12.8 Å². The third-order valence-corrected chi connectivity index (χ3v) is 4.83. The molecule has 1 aliphatic rings. The minimum absolute atomic E-state index is 0.0163. The van der Waals surface area contributed by atoms with Crippen LogP contribution in [0.4, 0.5) is 0 Å². The standard InChI is InChI=1S/C9H14NP/c1-9(2)5-7-11(3)8(9)4-6-10/h4H,5,7H2,1-3H3/b8-4-. The van der Waals surface area contributed by atoms with Crippen LogP contribution in [0.3, 0.4) is 0 Å². The fraction of sp³-hybridized carbons (Fsp3) is 0.667. The average molecular weight is 167 g/mol. The van der Waals surface area contributed by atoms with Crippen molar-refractivity contribution >= 4 is 7.92 Å². The normalized spacial score (nSPS) is 32.2. The maximum absolute atomic E-state index is 8.56. The van der Waals surface area contributed by atoms with Gasteiger partial charge in [0.15, 0.2) is 0 Å². The Balaban J connectivity index is 2.92. The summed E-state index contributed by atoms with van der Waals surface area (Å²) in [6.07, 6.45) is 4.32. The molecule has 0 aromatic heterocycles. The van der Waals surface area contributed by atoms with E-state index in [2.05, 4.69) is 26.6 Å². The van der Waals surface area contributed by atoms with E-state index in [-0.39, 0.29) is 7.92 Å². The smallest absolute Gasteiger partial charge is 0.0915 e. The van der Waals surface area contributed by atoms with Crippen molar-refractivity contribution in [3.05, 3.63) is 11.4 Å². The summed E-state index contributed by atoms with van der Waals surface area (Å²) in [5, 5.41) is 9.96. The molecule has 11 heavy (non-hydrogen) atoms. The van der Waals surface area contributed by atoms with Crippen LogP contribution in [0.25, 0.3) is 0 Å². The highest BCUT2D eigenvalue weighted by molar-refractivity contribution is 7.61. The Kier molecular flexibility index (Phi) is 2.35. The van der Waals surface area contributed by atoms with E-state index in [4.69, 9.17) is 5.26 Å². The first-order chi connectivity index (χ1) is 5.08. The van der Waals surface area contributed by atoms with Crippen LogP contribution in [0.15, 0.2) is 11.4 Å². The number of nitriles is 1. The van der Waals surface area contributed by atoms with Crippen molar-refractivity contribution in [2.75, 3.05) is 12.8 Å². The summed E-state index contributed by atoms with van der Waals surface area (Å²) >= 11 is 0. The molecule has 0 bridgehead atoms. The Bertz CT molecular complexity index is 222. The monoisotopic (exact) mass is 167 g/mol. The number of rotatable bonds is 0. The molecule has 0 aromatic carbocycles. The molecule has 0 aliphatic carbocycles. The maximum atomic E-state index is 8.56. The second-order valence-corrected chi connectivity index (χ2v) is 6.04. The average Bonchev–Trinajstić information content (AvgIpc) is 2.16. The maximum Gasteiger partial charge on any atom is 0.0915 e. The fourth-order valence-corrected chi connectivity index (χ4v) is 4.14. The van der Waals surface area contributed by atoms with Crippen LogP contribution in [0.2, 0.25) is 0 Å². The molecule has 2 heteroatoms. The molecule has 1 aliphatic heterocycles. The molecule has 0 spiro atoms. The van der Waals surface area contributed by atoms with Gasteiger partial charge in [-0.2, -0.15) is 5.26 Å². The number of hydrogen-bond acceptors (Lipinski definition) is 1. The molecule has 60 valence electrons. The minimum atomic E-state index is 0.0163. The molecule has 1 atom stereocenters. The predicted molar refractivity (Wildman–Crippen MR) is 49.8 cm³/mol. The van der Waals surface area contributed by atoms with Gasteiger partial charge in [-0.25, -0.2) is 0 Å². The summed E-state index contributed by atoms with van der Waals surface area (Å²) in [5.74, 6) is 0. The van der Waals surface area contributed by atoms with Crippen molar-refractivity contribution in [1.82, 2.24) is 0 Å². The highest BCUT2D eigenvalue weighted by Crippen LogP contribution is 2.59. The molecule has 0 saturated carbocycles. The summed E-state index contributed by atoms with van der Waals surface area (Å²) in [6, 6.07) is 2.15. The van der Waals surface area contributed by atoms with Gasteiger partial charge in [0.1, 0.15) is 0 Å². The second kappa shape index (κ2) is 2.95. The van der Waals surface area contributed by atoms with Gasteiger partial charge in [0.2, 0.25) is 0 Å². The molecule has 0 radical (unpaired) electrons. The second-order valence-electron chi connectivity index (χ2n) is 3.71. The largest absolute Gasteiger partial charge is 0.193 e. The van der Waals surface area contributed by atoms with E-state index >= 15 is 0 Å². The summed E-state index contributed by atoms with van der Waals surface area (Å²) < 4.78 is 0. The van der Waals surface area contributed by atoms with Crippen molar-refractivity contribution in [2.24, 2.45) is 5.41 Å². The first-order valence-electron chi connectivity index (χ1n) is 3.89. The Labute approximate surface area is 69.9 Å².